The molecule has 0 saturated carbocycles. The maximum absolute atomic E-state index is 10.5. The van der Waals surface area contributed by atoms with Crippen molar-refractivity contribution in [2.24, 2.45) is 0 Å². The first-order valence-electron chi connectivity index (χ1n) is 3.26. The molecule has 4 nitrogen and oxygen atoms in total. The first-order chi connectivity index (χ1) is 4.70. The standard InChI is InChI=1S/C6H13NO3/c1-2-6(10)7-3-5(9)4-8/h5,8-9H,2-4H2,1H3,(H,7,10)/t5-/m0/s1. The van der Waals surface area contributed by atoms with Gasteiger partial charge in [0.25, 0.3) is 0 Å². The van der Waals surface area contributed by atoms with Gasteiger partial charge in [0, 0.05) is 13.0 Å². The lowest BCUT2D eigenvalue weighted by Gasteiger charge is -2.06. The van der Waals surface area contributed by atoms with Gasteiger partial charge in [-0.1, -0.05) is 6.92 Å². The molecule has 0 aliphatic heterocycles. The van der Waals surface area contributed by atoms with Crippen LogP contribution in [-0.4, -0.2) is 35.4 Å². The second-order valence-electron chi connectivity index (χ2n) is 1.99. The van der Waals surface area contributed by atoms with Crippen LogP contribution in [0.4, 0.5) is 0 Å². The molecule has 0 aromatic carbocycles. The molecule has 4 heteroatoms. The molecule has 3 N–H and O–H groups in total. The summed E-state index contributed by atoms with van der Waals surface area (Å²) in [5.41, 5.74) is 0. The molecule has 10 heavy (non-hydrogen) atoms. The Morgan fingerprint density at radius 2 is 2.30 bits per heavy atom. The highest BCUT2D eigenvalue weighted by molar-refractivity contribution is 5.75. The van der Waals surface area contributed by atoms with Crippen LogP contribution in [0.2, 0.25) is 0 Å². The van der Waals surface area contributed by atoms with E-state index in [0.717, 1.165) is 0 Å². The van der Waals surface area contributed by atoms with E-state index in [9.17, 15) is 4.79 Å². The lowest BCUT2D eigenvalue weighted by Crippen LogP contribution is -2.33. The highest BCUT2D eigenvalue weighted by Gasteiger charge is 2.02. The second-order valence-corrected chi connectivity index (χ2v) is 1.99. The van der Waals surface area contributed by atoms with Crippen molar-refractivity contribution in [2.75, 3.05) is 13.2 Å². The molecular formula is C6H13NO3. The minimum atomic E-state index is -0.838. The molecular weight excluding hydrogens is 134 g/mol. The fourth-order valence-corrected chi connectivity index (χ4v) is 0.421. The third-order valence-corrected chi connectivity index (χ3v) is 1.07. The van der Waals surface area contributed by atoms with Crippen LogP contribution in [0.25, 0.3) is 0 Å². The maximum Gasteiger partial charge on any atom is 0.219 e. The van der Waals surface area contributed by atoms with E-state index in [1.807, 2.05) is 0 Å². The van der Waals surface area contributed by atoms with Crippen LogP contribution in [-0.2, 0) is 4.79 Å². The molecule has 0 saturated heterocycles. The number of carbonyl (C=O) groups excluding carboxylic acids is 1. The zero-order chi connectivity index (χ0) is 7.98. The highest BCUT2D eigenvalue weighted by Crippen LogP contribution is 1.79. The Kier molecular flexibility index (Phi) is 4.88. The van der Waals surface area contributed by atoms with E-state index < -0.39 is 6.10 Å². The largest absolute Gasteiger partial charge is 0.394 e. The fourth-order valence-electron chi connectivity index (χ4n) is 0.421. The van der Waals surface area contributed by atoms with Crippen LogP contribution in [0.15, 0.2) is 0 Å². The molecule has 0 bridgehead atoms. The van der Waals surface area contributed by atoms with Gasteiger partial charge >= 0.3 is 0 Å². The van der Waals surface area contributed by atoms with Crippen molar-refractivity contribution in [2.45, 2.75) is 19.4 Å². The first kappa shape index (κ1) is 9.39. The van der Waals surface area contributed by atoms with Gasteiger partial charge in [0.2, 0.25) is 5.91 Å². The predicted molar refractivity (Wildman–Crippen MR) is 36.4 cm³/mol. The van der Waals surface area contributed by atoms with Gasteiger partial charge in [0.05, 0.1) is 12.7 Å². The predicted octanol–water partition coefficient (Wildman–Crippen LogP) is -1.13. The molecule has 60 valence electrons. The van der Waals surface area contributed by atoms with E-state index in [1.165, 1.54) is 0 Å². The smallest absolute Gasteiger partial charge is 0.219 e. The molecule has 0 rings (SSSR count). The van der Waals surface area contributed by atoms with Crippen molar-refractivity contribution in [1.82, 2.24) is 5.32 Å². The summed E-state index contributed by atoms with van der Waals surface area (Å²) >= 11 is 0. The van der Waals surface area contributed by atoms with Crippen LogP contribution in [0.3, 0.4) is 0 Å². The maximum atomic E-state index is 10.5. The van der Waals surface area contributed by atoms with Gasteiger partial charge in [0.1, 0.15) is 0 Å². The monoisotopic (exact) mass is 147 g/mol. The van der Waals surface area contributed by atoms with Crippen molar-refractivity contribution in [3.63, 3.8) is 0 Å². The number of nitrogens with one attached hydrogen (secondary N) is 1. The average Bonchev–Trinajstić information content (AvgIpc) is 1.99. The van der Waals surface area contributed by atoms with Gasteiger partial charge in [-0.2, -0.15) is 0 Å². The lowest BCUT2D eigenvalue weighted by atomic mass is 10.3. The molecule has 0 aliphatic carbocycles. The molecule has 1 atom stereocenters. The van der Waals surface area contributed by atoms with Crippen molar-refractivity contribution in [3.8, 4) is 0 Å². The quantitative estimate of drug-likeness (QED) is 0.471. The Balaban J connectivity index is 3.26. The summed E-state index contributed by atoms with van der Waals surface area (Å²) in [7, 11) is 0. The SMILES string of the molecule is CCC(=O)NC[C@H](O)CO. The molecule has 0 radical (unpaired) electrons. The Morgan fingerprint density at radius 1 is 1.70 bits per heavy atom. The van der Waals surface area contributed by atoms with E-state index in [0.29, 0.717) is 6.42 Å². The van der Waals surface area contributed by atoms with E-state index in [-0.39, 0.29) is 19.1 Å². The molecule has 1 amide bonds. The third kappa shape index (κ3) is 4.29. The first-order valence-corrected chi connectivity index (χ1v) is 3.26. The molecule has 0 fully saturated rings. The topological polar surface area (TPSA) is 69.6 Å². The van der Waals surface area contributed by atoms with Crippen LogP contribution < -0.4 is 5.32 Å². The van der Waals surface area contributed by atoms with Crippen LogP contribution >= 0.6 is 0 Å². The van der Waals surface area contributed by atoms with Gasteiger partial charge in [-0.15, -0.1) is 0 Å². The number of amides is 1. The van der Waals surface area contributed by atoms with Crippen molar-refractivity contribution < 1.29 is 15.0 Å². The summed E-state index contributed by atoms with van der Waals surface area (Å²) in [6, 6.07) is 0. The van der Waals surface area contributed by atoms with Crippen molar-refractivity contribution in [1.29, 1.82) is 0 Å². The van der Waals surface area contributed by atoms with E-state index in [2.05, 4.69) is 5.32 Å². The summed E-state index contributed by atoms with van der Waals surface area (Å²) in [4.78, 5) is 10.5. The molecule has 0 unspecified atom stereocenters. The van der Waals surface area contributed by atoms with Crippen molar-refractivity contribution in [3.05, 3.63) is 0 Å². The van der Waals surface area contributed by atoms with Gasteiger partial charge in [0.15, 0.2) is 0 Å². The van der Waals surface area contributed by atoms with E-state index >= 15 is 0 Å². The summed E-state index contributed by atoms with van der Waals surface area (Å²) in [5, 5.41) is 19.5. The van der Waals surface area contributed by atoms with Crippen LogP contribution in [0.1, 0.15) is 13.3 Å². The molecule has 0 aromatic heterocycles. The molecule has 0 spiro atoms. The van der Waals surface area contributed by atoms with Crippen LogP contribution in [0, 0.1) is 0 Å². The van der Waals surface area contributed by atoms with Gasteiger partial charge < -0.3 is 15.5 Å². The van der Waals surface area contributed by atoms with E-state index in [1.54, 1.807) is 6.92 Å². The Hall–Kier alpha value is -0.610. The summed E-state index contributed by atoms with van der Waals surface area (Å²) in [6.45, 7) is 1.54. The highest BCUT2D eigenvalue weighted by atomic mass is 16.3. The number of aliphatic hydroxyl groups is 2. The summed E-state index contributed by atoms with van der Waals surface area (Å²) < 4.78 is 0. The molecule has 0 aromatic rings. The number of hydrogen-bond acceptors (Lipinski definition) is 3. The van der Waals surface area contributed by atoms with Gasteiger partial charge in [-0.3, -0.25) is 4.79 Å². The number of aliphatic hydroxyl groups excluding tert-OH is 2. The van der Waals surface area contributed by atoms with Crippen LogP contribution in [0.5, 0.6) is 0 Å². The molecule has 0 heterocycles. The minimum absolute atomic E-state index is 0.118. The number of hydrogen-bond donors (Lipinski definition) is 3. The summed E-state index contributed by atoms with van der Waals surface area (Å²) in [5.74, 6) is -0.118. The second kappa shape index (κ2) is 5.20. The van der Waals surface area contributed by atoms with E-state index in [4.69, 9.17) is 10.2 Å². The average molecular weight is 147 g/mol. The van der Waals surface area contributed by atoms with Crippen molar-refractivity contribution >= 4 is 5.91 Å². The Bertz CT molecular complexity index is 105. The van der Waals surface area contributed by atoms with Gasteiger partial charge in [-0.05, 0) is 0 Å². The molecule has 0 aliphatic rings. The minimum Gasteiger partial charge on any atom is -0.394 e. The fraction of sp³-hybridized carbons (Fsp3) is 0.833. The zero-order valence-corrected chi connectivity index (χ0v) is 6.00. The third-order valence-electron chi connectivity index (χ3n) is 1.07. The zero-order valence-electron chi connectivity index (χ0n) is 6.00. The number of rotatable bonds is 4. The van der Waals surface area contributed by atoms with Gasteiger partial charge in [-0.25, -0.2) is 0 Å². The lowest BCUT2D eigenvalue weighted by molar-refractivity contribution is -0.121. The Morgan fingerprint density at radius 3 is 2.70 bits per heavy atom. The normalized spacial score (nSPS) is 12.7. The summed E-state index contributed by atoms with van der Waals surface area (Å²) in [6.07, 6.45) is -0.437. The number of carbonyl (C=O) groups is 1. The Labute approximate surface area is 59.9 Å².